The summed E-state index contributed by atoms with van der Waals surface area (Å²) in [4.78, 5) is 27.2. The number of rotatable bonds is 8. The van der Waals surface area contributed by atoms with Crippen LogP contribution in [0.2, 0.25) is 0 Å². The van der Waals surface area contributed by atoms with Gasteiger partial charge < -0.3 is 19.2 Å². The van der Waals surface area contributed by atoms with E-state index in [2.05, 4.69) is 5.32 Å². The zero-order valence-electron chi connectivity index (χ0n) is 20.5. The predicted octanol–water partition coefficient (Wildman–Crippen LogP) is 7.16. The lowest BCUT2D eigenvalue weighted by atomic mass is 9.95. The highest BCUT2D eigenvalue weighted by Crippen LogP contribution is 2.39. The average Bonchev–Trinajstić information content (AvgIpc) is 3.52. The Balaban J connectivity index is 1.31. The van der Waals surface area contributed by atoms with Crippen molar-refractivity contribution < 1.29 is 23.5 Å². The van der Waals surface area contributed by atoms with Crippen LogP contribution in [0.5, 0.6) is 5.75 Å². The number of thiophene rings is 1. The van der Waals surface area contributed by atoms with E-state index in [0.29, 0.717) is 16.3 Å². The number of fused-ring (bicyclic) bond motifs is 2. The molecule has 4 aromatic rings. The van der Waals surface area contributed by atoms with Crippen LogP contribution >= 0.6 is 11.3 Å². The largest absolute Gasteiger partial charge is 0.485 e. The van der Waals surface area contributed by atoms with E-state index in [0.717, 1.165) is 59.1 Å². The summed E-state index contributed by atoms with van der Waals surface area (Å²) in [6, 6.07) is 17.3. The minimum absolute atomic E-state index is 0.166. The van der Waals surface area contributed by atoms with E-state index in [9.17, 15) is 9.59 Å². The van der Waals surface area contributed by atoms with Crippen LogP contribution in [-0.2, 0) is 24.2 Å². The minimum atomic E-state index is -0.400. The number of aryl methyl sites for hydroxylation is 1. The molecule has 7 heteroatoms. The lowest BCUT2D eigenvalue weighted by molar-refractivity contribution is 0.0335. The van der Waals surface area contributed by atoms with Crippen molar-refractivity contribution >= 4 is 39.0 Å². The minimum Gasteiger partial charge on any atom is -0.485 e. The molecular weight excluding hydrogens is 474 g/mol. The molecule has 1 N–H and O–H groups in total. The summed E-state index contributed by atoms with van der Waals surface area (Å²) >= 11 is 1.46. The van der Waals surface area contributed by atoms with Crippen molar-refractivity contribution in [2.75, 3.05) is 5.32 Å². The highest BCUT2D eigenvalue weighted by atomic mass is 32.1. The fourth-order valence-corrected chi connectivity index (χ4v) is 5.68. The third kappa shape index (κ3) is 5.02. The van der Waals surface area contributed by atoms with Crippen molar-refractivity contribution in [3.63, 3.8) is 0 Å². The molecule has 0 radical (unpaired) electrons. The van der Waals surface area contributed by atoms with Crippen molar-refractivity contribution in [3.8, 4) is 5.75 Å². The smallest absolute Gasteiger partial charge is 0.341 e. The van der Waals surface area contributed by atoms with Gasteiger partial charge in [0.25, 0.3) is 5.91 Å². The van der Waals surface area contributed by atoms with Gasteiger partial charge in [-0.2, -0.15) is 0 Å². The first kappa shape index (κ1) is 24.1. The molecule has 6 nitrogen and oxygen atoms in total. The fraction of sp³-hybridized carbons (Fsp3) is 0.310. The monoisotopic (exact) mass is 503 g/mol. The van der Waals surface area contributed by atoms with Gasteiger partial charge in [-0.15, -0.1) is 11.3 Å². The zero-order valence-corrected chi connectivity index (χ0v) is 21.3. The first-order chi connectivity index (χ1) is 17.5. The molecular formula is C29H29NO5S. The normalized spacial score (nSPS) is 13.7. The number of carbonyl (C=O) groups is 2. The van der Waals surface area contributed by atoms with Crippen molar-refractivity contribution in [2.24, 2.45) is 0 Å². The number of hydrogen-bond donors (Lipinski definition) is 1. The zero-order chi connectivity index (χ0) is 25.1. The molecule has 0 spiro atoms. The van der Waals surface area contributed by atoms with Crippen LogP contribution in [0.3, 0.4) is 0 Å². The molecule has 0 aliphatic heterocycles. The molecule has 2 aromatic heterocycles. The number of nitrogens with one attached hydrogen (secondary N) is 1. The molecule has 1 unspecified atom stereocenters. The third-order valence-electron chi connectivity index (χ3n) is 6.49. The average molecular weight is 504 g/mol. The molecule has 0 saturated heterocycles. The Morgan fingerprint density at radius 1 is 1.06 bits per heavy atom. The molecule has 0 saturated carbocycles. The van der Waals surface area contributed by atoms with E-state index in [-0.39, 0.29) is 24.4 Å². The van der Waals surface area contributed by atoms with Gasteiger partial charge in [-0.3, -0.25) is 4.79 Å². The summed E-state index contributed by atoms with van der Waals surface area (Å²) in [5.41, 5.74) is 1.51. The highest BCUT2D eigenvalue weighted by Gasteiger charge is 2.28. The maximum atomic E-state index is 13.1. The summed E-state index contributed by atoms with van der Waals surface area (Å²) in [5, 5.41) is 5.55. The first-order valence-electron chi connectivity index (χ1n) is 12.4. The summed E-state index contributed by atoms with van der Waals surface area (Å²) < 4.78 is 17.4. The van der Waals surface area contributed by atoms with Gasteiger partial charge in [0.15, 0.2) is 5.76 Å². The lowest BCUT2D eigenvalue weighted by Crippen LogP contribution is -2.18. The van der Waals surface area contributed by atoms with Crippen LogP contribution in [0.25, 0.3) is 10.8 Å². The number of benzene rings is 2. The molecule has 0 bridgehead atoms. The topological polar surface area (TPSA) is 77.8 Å². The van der Waals surface area contributed by atoms with Gasteiger partial charge in [0.2, 0.25) is 0 Å². The van der Waals surface area contributed by atoms with E-state index in [4.69, 9.17) is 13.9 Å². The van der Waals surface area contributed by atoms with Gasteiger partial charge in [0.05, 0.1) is 11.7 Å². The Labute approximate surface area is 214 Å². The number of anilines is 1. The Morgan fingerprint density at radius 3 is 2.72 bits per heavy atom. The van der Waals surface area contributed by atoms with Gasteiger partial charge in [-0.25, -0.2) is 4.79 Å². The van der Waals surface area contributed by atoms with E-state index in [1.54, 1.807) is 12.1 Å². The first-order valence-corrected chi connectivity index (χ1v) is 13.2. The molecule has 186 valence electrons. The van der Waals surface area contributed by atoms with Crippen LogP contribution < -0.4 is 10.1 Å². The number of hydrogen-bond acceptors (Lipinski definition) is 6. The number of esters is 1. The second kappa shape index (κ2) is 10.6. The summed E-state index contributed by atoms with van der Waals surface area (Å²) in [5.74, 6) is 0.684. The molecule has 1 atom stereocenters. The third-order valence-corrected chi connectivity index (χ3v) is 7.70. The van der Waals surface area contributed by atoms with Crippen LogP contribution in [0.1, 0.15) is 70.2 Å². The molecule has 1 aliphatic carbocycles. The summed E-state index contributed by atoms with van der Waals surface area (Å²) in [6.07, 6.45) is 4.39. The fourth-order valence-electron chi connectivity index (χ4n) is 4.41. The molecule has 1 amide bonds. The Morgan fingerprint density at radius 2 is 1.86 bits per heavy atom. The lowest BCUT2D eigenvalue weighted by Gasteiger charge is -2.15. The molecule has 2 aromatic carbocycles. The number of furan rings is 1. The SMILES string of the molecule is CCC(C)OC(=O)c1c(NC(=O)c2ccc(COc3cccc4ccccc34)o2)sc2c1CCCC2. The van der Waals surface area contributed by atoms with E-state index < -0.39 is 5.91 Å². The van der Waals surface area contributed by atoms with Crippen LogP contribution in [0.4, 0.5) is 5.00 Å². The van der Waals surface area contributed by atoms with Gasteiger partial charge in [-0.1, -0.05) is 43.3 Å². The molecule has 1 aliphatic rings. The van der Waals surface area contributed by atoms with E-state index in [1.807, 2.05) is 56.3 Å². The van der Waals surface area contributed by atoms with Gasteiger partial charge in [0.1, 0.15) is 23.1 Å². The Hall–Kier alpha value is -3.58. The number of ether oxygens (including phenoxy) is 2. The van der Waals surface area contributed by atoms with Crippen LogP contribution in [-0.4, -0.2) is 18.0 Å². The van der Waals surface area contributed by atoms with E-state index in [1.165, 1.54) is 11.3 Å². The maximum absolute atomic E-state index is 13.1. The van der Waals surface area contributed by atoms with Crippen LogP contribution in [0.15, 0.2) is 59.0 Å². The van der Waals surface area contributed by atoms with Crippen LogP contribution in [0, 0.1) is 0 Å². The highest BCUT2D eigenvalue weighted by molar-refractivity contribution is 7.17. The molecule has 0 fully saturated rings. The molecule has 36 heavy (non-hydrogen) atoms. The van der Waals surface area contributed by atoms with Crippen molar-refractivity contribution in [1.29, 1.82) is 0 Å². The van der Waals surface area contributed by atoms with Crippen molar-refractivity contribution in [1.82, 2.24) is 0 Å². The van der Waals surface area contributed by atoms with Gasteiger partial charge >= 0.3 is 5.97 Å². The second-order valence-corrected chi connectivity index (χ2v) is 10.1. The van der Waals surface area contributed by atoms with Gasteiger partial charge in [0, 0.05) is 10.3 Å². The quantitative estimate of drug-likeness (QED) is 0.258. The predicted molar refractivity (Wildman–Crippen MR) is 141 cm³/mol. The maximum Gasteiger partial charge on any atom is 0.341 e. The van der Waals surface area contributed by atoms with E-state index >= 15 is 0 Å². The molecule has 2 heterocycles. The Kier molecular flexibility index (Phi) is 7.09. The van der Waals surface area contributed by atoms with Gasteiger partial charge in [-0.05, 0) is 68.2 Å². The molecule has 5 rings (SSSR count). The van der Waals surface area contributed by atoms with Crippen molar-refractivity contribution in [2.45, 2.75) is 58.7 Å². The Bertz CT molecular complexity index is 1400. The summed E-state index contributed by atoms with van der Waals surface area (Å²) in [6.45, 7) is 4.04. The number of carbonyl (C=O) groups excluding carboxylic acids is 2. The second-order valence-electron chi connectivity index (χ2n) is 9.03. The van der Waals surface area contributed by atoms with Crippen molar-refractivity contribution in [3.05, 3.63) is 82.1 Å². The standard InChI is InChI=1S/C29H29NO5S/c1-3-18(2)34-29(32)26-22-12-6-7-14-25(22)36-28(26)30-27(31)24-16-15-20(35-24)17-33-23-13-8-10-19-9-4-5-11-21(19)23/h4-5,8-11,13,15-16,18H,3,6-7,12,14,17H2,1-2H3,(H,30,31). The summed E-state index contributed by atoms with van der Waals surface area (Å²) in [7, 11) is 0. The number of amides is 1.